The van der Waals surface area contributed by atoms with Crippen LogP contribution in [0.3, 0.4) is 0 Å². The summed E-state index contributed by atoms with van der Waals surface area (Å²) in [7, 11) is -4.15. The lowest BCUT2D eigenvalue weighted by molar-refractivity contribution is -0.134. The average Bonchev–Trinajstić information content (AvgIpc) is 3.26. The van der Waals surface area contributed by atoms with Gasteiger partial charge in [-0.2, -0.15) is 8.42 Å². The van der Waals surface area contributed by atoms with Crippen LogP contribution in [0.15, 0.2) is 76.2 Å². The number of furan rings is 1. The zero-order chi connectivity index (χ0) is 25.6. The molecule has 2 amide bonds. The van der Waals surface area contributed by atoms with Crippen LogP contribution in [0, 0.1) is 5.41 Å². The minimum Gasteiger partial charge on any atom is -0.467 e. The fourth-order valence-corrected chi connectivity index (χ4v) is 4.35. The van der Waals surface area contributed by atoms with Crippen molar-refractivity contribution in [3.8, 4) is 5.75 Å². The van der Waals surface area contributed by atoms with E-state index < -0.39 is 10.1 Å². The van der Waals surface area contributed by atoms with E-state index in [2.05, 4.69) is 5.32 Å². The molecule has 1 heterocycles. The number of nitrogens with one attached hydrogen (secondary N) is 1. The van der Waals surface area contributed by atoms with Crippen molar-refractivity contribution in [3.63, 3.8) is 0 Å². The second-order valence-corrected chi connectivity index (χ2v) is 11.0. The Morgan fingerprint density at radius 1 is 0.971 bits per heavy atom. The Bertz CT molecular complexity index is 1260. The van der Waals surface area contributed by atoms with Gasteiger partial charge in [-0.15, -0.1) is 0 Å². The molecular weight excluding hydrogens is 468 g/mol. The monoisotopic (exact) mass is 498 g/mol. The molecule has 0 radical (unpaired) electrons. The predicted octanol–water partition coefficient (Wildman–Crippen LogP) is 4.97. The molecule has 0 fully saturated rings. The molecule has 0 aliphatic heterocycles. The second-order valence-electron chi connectivity index (χ2n) is 9.42. The molecule has 0 aliphatic rings. The van der Waals surface area contributed by atoms with Crippen molar-refractivity contribution in [2.75, 3.05) is 5.32 Å². The van der Waals surface area contributed by atoms with Gasteiger partial charge in [-0.1, -0.05) is 39.0 Å². The standard InChI is InChI=1S/C26H30N2O6S/c1-19(29)27-21-11-13-23(14-12-21)35(31,32)34-24-10-6-5-8-20(24)17-28(18-22-9-7-15-33-22)25(30)16-26(2,3)4/h5-15H,16-18H2,1-4H3,(H,27,29). The van der Waals surface area contributed by atoms with Crippen LogP contribution in [-0.4, -0.2) is 25.1 Å². The highest BCUT2D eigenvalue weighted by atomic mass is 32.2. The number of anilines is 1. The number of para-hydroxylation sites is 1. The van der Waals surface area contributed by atoms with Crippen LogP contribution in [0.4, 0.5) is 5.69 Å². The topological polar surface area (TPSA) is 106 Å². The molecule has 0 unspecified atom stereocenters. The Morgan fingerprint density at radius 3 is 2.26 bits per heavy atom. The summed E-state index contributed by atoms with van der Waals surface area (Å²) in [6, 6.07) is 15.9. The fraction of sp³-hybridized carbons (Fsp3) is 0.308. The maximum absolute atomic E-state index is 13.1. The van der Waals surface area contributed by atoms with Crippen LogP contribution < -0.4 is 9.50 Å². The Morgan fingerprint density at radius 2 is 1.66 bits per heavy atom. The third-order valence-electron chi connectivity index (χ3n) is 4.96. The summed E-state index contributed by atoms with van der Waals surface area (Å²) in [5.74, 6) is 0.412. The van der Waals surface area contributed by atoms with Crippen molar-refractivity contribution in [3.05, 3.63) is 78.3 Å². The van der Waals surface area contributed by atoms with E-state index in [0.29, 0.717) is 23.4 Å². The van der Waals surface area contributed by atoms with Gasteiger partial charge in [0.05, 0.1) is 12.8 Å². The number of nitrogens with zero attached hydrogens (tertiary/aromatic N) is 1. The van der Waals surface area contributed by atoms with E-state index in [0.717, 1.165) is 0 Å². The van der Waals surface area contributed by atoms with Gasteiger partial charge in [0.2, 0.25) is 11.8 Å². The molecule has 0 aliphatic carbocycles. The zero-order valence-electron chi connectivity index (χ0n) is 20.3. The van der Waals surface area contributed by atoms with Gasteiger partial charge in [-0.3, -0.25) is 9.59 Å². The van der Waals surface area contributed by atoms with E-state index >= 15 is 0 Å². The second kappa shape index (κ2) is 10.8. The van der Waals surface area contributed by atoms with Crippen molar-refractivity contribution in [1.29, 1.82) is 0 Å². The number of hydrogen-bond acceptors (Lipinski definition) is 6. The van der Waals surface area contributed by atoms with Crippen molar-refractivity contribution in [2.24, 2.45) is 5.41 Å². The van der Waals surface area contributed by atoms with E-state index in [9.17, 15) is 18.0 Å². The molecule has 3 rings (SSSR count). The summed E-state index contributed by atoms with van der Waals surface area (Å²) in [4.78, 5) is 25.9. The van der Waals surface area contributed by atoms with Crippen LogP contribution in [0.5, 0.6) is 5.75 Å². The van der Waals surface area contributed by atoms with Crippen molar-refractivity contribution >= 4 is 27.6 Å². The first-order chi connectivity index (χ1) is 16.4. The summed E-state index contributed by atoms with van der Waals surface area (Å²) >= 11 is 0. The van der Waals surface area contributed by atoms with Gasteiger partial charge in [-0.05, 0) is 47.9 Å². The molecule has 2 aromatic carbocycles. The highest BCUT2D eigenvalue weighted by molar-refractivity contribution is 7.87. The lowest BCUT2D eigenvalue weighted by Gasteiger charge is -2.27. The first-order valence-corrected chi connectivity index (χ1v) is 12.5. The van der Waals surface area contributed by atoms with Gasteiger partial charge in [0.25, 0.3) is 0 Å². The van der Waals surface area contributed by atoms with Crippen molar-refractivity contribution < 1.29 is 26.6 Å². The summed E-state index contributed by atoms with van der Waals surface area (Å²) in [6.07, 6.45) is 1.86. The Kier molecular flexibility index (Phi) is 8.01. The molecule has 9 heteroatoms. The number of benzene rings is 2. The molecule has 1 aromatic heterocycles. The lowest BCUT2D eigenvalue weighted by Crippen LogP contribution is -2.33. The Labute approximate surface area is 206 Å². The molecule has 0 saturated carbocycles. The number of rotatable bonds is 9. The summed E-state index contributed by atoms with van der Waals surface area (Å²) < 4.78 is 36.8. The zero-order valence-corrected chi connectivity index (χ0v) is 21.1. The molecular formula is C26H30N2O6S. The molecule has 186 valence electrons. The summed E-state index contributed by atoms with van der Waals surface area (Å²) in [5.41, 5.74) is 0.795. The van der Waals surface area contributed by atoms with Gasteiger partial charge >= 0.3 is 10.1 Å². The van der Waals surface area contributed by atoms with Gasteiger partial charge in [0.1, 0.15) is 16.4 Å². The third-order valence-corrected chi connectivity index (χ3v) is 6.21. The van der Waals surface area contributed by atoms with Crippen LogP contribution in [-0.2, 0) is 32.8 Å². The SMILES string of the molecule is CC(=O)Nc1ccc(S(=O)(=O)Oc2ccccc2CN(Cc2ccco2)C(=O)CC(C)(C)C)cc1. The van der Waals surface area contributed by atoms with Gasteiger partial charge in [-0.25, -0.2) is 0 Å². The van der Waals surface area contributed by atoms with Crippen LogP contribution in [0.25, 0.3) is 0 Å². The van der Waals surface area contributed by atoms with Crippen LogP contribution >= 0.6 is 0 Å². The van der Waals surface area contributed by atoms with Gasteiger partial charge < -0.3 is 18.8 Å². The normalized spacial score (nSPS) is 11.7. The smallest absolute Gasteiger partial charge is 0.339 e. The molecule has 0 spiro atoms. The van der Waals surface area contributed by atoms with Gasteiger partial charge in [0, 0.05) is 31.1 Å². The Balaban J connectivity index is 1.84. The summed E-state index contributed by atoms with van der Waals surface area (Å²) in [6.45, 7) is 7.70. The minimum absolute atomic E-state index is 0.0577. The van der Waals surface area contributed by atoms with E-state index in [4.69, 9.17) is 8.60 Å². The van der Waals surface area contributed by atoms with E-state index in [1.165, 1.54) is 31.2 Å². The Hall–Kier alpha value is -3.59. The maximum Gasteiger partial charge on any atom is 0.339 e. The number of carbonyl (C=O) groups excluding carboxylic acids is 2. The lowest BCUT2D eigenvalue weighted by atomic mass is 9.91. The van der Waals surface area contributed by atoms with E-state index in [1.807, 2.05) is 20.8 Å². The molecule has 3 aromatic rings. The first-order valence-electron chi connectivity index (χ1n) is 11.1. The van der Waals surface area contributed by atoms with Crippen LogP contribution in [0.2, 0.25) is 0 Å². The molecule has 0 atom stereocenters. The number of hydrogen-bond donors (Lipinski definition) is 1. The summed E-state index contributed by atoms with van der Waals surface area (Å²) in [5, 5.41) is 2.59. The van der Waals surface area contributed by atoms with Crippen molar-refractivity contribution in [1.82, 2.24) is 4.90 Å². The minimum atomic E-state index is -4.15. The molecule has 35 heavy (non-hydrogen) atoms. The molecule has 0 bridgehead atoms. The highest BCUT2D eigenvalue weighted by Gasteiger charge is 2.25. The largest absolute Gasteiger partial charge is 0.467 e. The van der Waals surface area contributed by atoms with Crippen molar-refractivity contribution in [2.45, 2.75) is 52.1 Å². The number of carbonyl (C=O) groups is 2. The highest BCUT2D eigenvalue weighted by Crippen LogP contribution is 2.27. The van der Waals surface area contributed by atoms with Crippen LogP contribution in [0.1, 0.15) is 45.4 Å². The quantitative estimate of drug-likeness (QED) is 0.418. The molecule has 0 saturated heterocycles. The third kappa shape index (κ3) is 7.71. The van der Waals surface area contributed by atoms with E-state index in [-0.39, 0.29) is 41.0 Å². The maximum atomic E-state index is 13.1. The molecule has 8 nitrogen and oxygen atoms in total. The fourth-order valence-electron chi connectivity index (χ4n) is 3.38. The number of amides is 2. The predicted molar refractivity (Wildman–Crippen MR) is 132 cm³/mol. The first kappa shape index (κ1) is 26.0. The molecule has 1 N–H and O–H groups in total. The van der Waals surface area contributed by atoms with Gasteiger partial charge in [0.15, 0.2) is 0 Å². The van der Waals surface area contributed by atoms with E-state index in [1.54, 1.807) is 47.6 Å². The average molecular weight is 499 g/mol.